The minimum Gasteiger partial charge on any atom is -0.449 e. The molecule has 3 rings (SSSR count). The SMILES string of the molecule is Cc1cnc2c(c1)C(=O)OC21CCNCC1. The maximum Gasteiger partial charge on any atom is 0.341 e. The van der Waals surface area contributed by atoms with Crippen molar-refractivity contribution in [2.45, 2.75) is 25.4 Å². The first kappa shape index (κ1) is 9.78. The molecule has 4 heteroatoms. The van der Waals surface area contributed by atoms with Crippen LogP contribution < -0.4 is 5.32 Å². The zero-order valence-corrected chi connectivity index (χ0v) is 9.25. The van der Waals surface area contributed by atoms with Crippen LogP contribution in [0.5, 0.6) is 0 Å². The number of rotatable bonds is 0. The van der Waals surface area contributed by atoms with Crippen molar-refractivity contribution in [2.75, 3.05) is 13.1 Å². The minimum atomic E-state index is -0.453. The summed E-state index contributed by atoms with van der Waals surface area (Å²) in [6, 6.07) is 1.88. The van der Waals surface area contributed by atoms with E-state index in [2.05, 4.69) is 10.3 Å². The number of carbonyl (C=O) groups is 1. The van der Waals surface area contributed by atoms with Crippen molar-refractivity contribution in [3.8, 4) is 0 Å². The third-order valence-electron chi connectivity index (χ3n) is 3.38. The Bertz CT molecular complexity index is 450. The van der Waals surface area contributed by atoms with Crippen molar-refractivity contribution in [1.82, 2.24) is 10.3 Å². The van der Waals surface area contributed by atoms with E-state index in [0.29, 0.717) is 5.56 Å². The molecule has 0 aromatic carbocycles. The summed E-state index contributed by atoms with van der Waals surface area (Å²) in [6.45, 7) is 3.69. The molecule has 1 N–H and O–H groups in total. The fourth-order valence-electron chi connectivity index (χ4n) is 2.54. The van der Waals surface area contributed by atoms with Gasteiger partial charge in [-0.15, -0.1) is 0 Å². The van der Waals surface area contributed by atoms with E-state index in [0.717, 1.165) is 37.2 Å². The predicted molar refractivity (Wildman–Crippen MR) is 58.2 cm³/mol. The maximum absolute atomic E-state index is 11.8. The Labute approximate surface area is 94.0 Å². The average molecular weight is 218 g/mol. The highest BCUT2D eigenvalue weighted by Crippen LogP contribution is 2.41. The van der Waals surface area contributed by atoms with Gasteiger partial charge in [0.2, 0.25) is 0 Å². The fraction of sp³-hybridized carbons (Fsp3) is 0.500. The van der Waals surface area contributed by atoms with E-state index in [1.54, 1.807) is 0 Å². The molecule has 1 aromatic heterocycles. The fourth-order valence-corrected chi connectivity index (χ4v) is 2.54. The van der Waals surface area contributed by atoms with Crippen molar-refractivity contribution in [1.29, 1.82) is 0 Å². The van der Waals surface area contributed by atoms with Gasteiger partial charge in [-0.25, -0.2) is 4.79 Å². The summed E-state index contributed by atoms with van der Waals surface area (Å²) in [5.74, 6) is -0.215. The largest absolute Gasteiger partial charge is 0.449 e. The van der Waals surface area contributed by atoms with Gasteiger partial charge in [-0.3, -0.25) is 4.98 Å². The van der Waals surface area contributed by atoms with Gasteiger partial charge in [0.05, 0.1) is 11.3 Å². The number of carbonyl (C=O) groups excluding carboxylic acids is 1. The standard InChI is InChI=1S/C12H14N2O2/c1-8-6-9-10(14-7-8)12(16-11(9)15)2-4-13-5-3-12/h6-7,13H,2-5H2,1H3. The van der Waals surface area contributed by atoms with Crippen molar-refractivity contribution >= 4 is 5.97 Å². The summed E-state index contributed by atoms with van der Waals surface area (Å²) >= 11 is 0. The van der Waals surface area contributed by atoms with Crippen molar-refractivity contribution < 1.29 is 9.53 Å². The van der Waals surface area contributed by atoms with Crippen LogP contribution in [0.25, 0.3) is 0 Å². The number of ether oxygens (including phenoxy) is 1. The molecule has 0 atom stereocenters. The Morgan fingerprint density at radius 3 is 2.94 bits per heavy atom. The topological polar surface area (TPSA) is 51.2 Å². The Balaban J connectivity index is 2.11. The van der Waals surface area contributed by atoms with Crippen LogP contribution in [0.4, 0.5) is 0 Å². The van der Waals surface area contributed by atoms with Gasteiger partial charge in [0.15, 0.2) is 5.60 Å². The van der Waals surface area contributed by atoms with Gasteiger partial charge in [-0.05, 0) is 31.6 Å². The molecule has 0 radical (unpaired) electrons. The van der Waals surface area contributed by atoms with E-state index in [1.165, 1.54) is 0 Å². The molecule has 0 aliphatic carbocycles. The summed E-state index contributed by atoms with van der Waals surface area (Å²) in [7, 11) is 0. The number of nitrogens with zero attached hydrogens (tertiary/aromatic N) is 1. The molecule has 0 unspecified atom stereocenters. The number of piperidine rings is 1. The van der Waals surface area contributed by atoms with Crippen LogP contribution in [0.2, 0.25) is 0 Å². The number of aromatic nitrogens is 1. The van der Waals surface area contributed by atoms with Gasteiger partial charge in [0, 0.05) is 19.0 Å². The highest BCUT2D eigenvalue weighted by atomic mass is 16.6. The molecule has 1 aromatic rings. The molecule has 16 heavy (non-hydrogen) atoms. The summed E-state index contributed by atoms with van der Waals surface area (Å²) in [5, 5.41) is 3.27. The minimum absolute atomic E-state index is 0.215. The number of nitrogens with one attached hydrogen (secondary N) is 1. The van der Waals surface area contributed by atoms with Gasteiger partial charge in [0.1, 0.15) is 0 Å². The molecule has 2 aliphatic rings. The lowest BCUT2D eigenvalue weighted by Crippen LogP contribution is -2.40. The molecular formula is C12H14N2O2. The molecular weight excluding hydrogens is 204 g/mol. The molecule has 3 heterocycles. The molecule has 0 amide bonds. The second kappa shape index (κ2) is 3.28. The van der Waals surface area contributed by atoms with E-state index < -0.39 is 5.60 Å². The van der Waals surface area contributed by atoms with Crippen molar-refractivity contribution in [3.05, 3.63) is 29.1 Å². The Morgan fingerprint density at radius 2 is 2.19 bits per heavy atom. The first-order valence-corrected chi connectivity index (χ1v) is 5.62. The highest BCUT2D eigenvalue weighted by Gasteiger charge is 2.47. The number of aryl methyl sites for hydroxylation is 1. The molecule has 1 saturated heterocycles. The Morgan fingerprint density at radius 1 is 1.44 bits per heavy atom. The van der Waals surface area contributed by atoms with Gasteiger partial charge >= 0.3 is 5.97 Å². The van der Waals surface area contributed by atoms with E-state index in [1.807, 2.05) is 19.2 Å². The zero-order chi connectivity index (χ0) is 11.2. The summed E-state index contributed by atoms with van der Waals surface area (Å²) < 4.78 is 5.57. The van der Waals surface area contributed by atoms with Crippen LogP contribution in [-0.4, -0.2) is 24.0 Å². The quantitative estimate of drug-likeness (QED) is 0.663. The number of hydrogen-bond donors (Lipinski definition) is 1. The van der Waals surface area contributed by atoms with Crippen molar-refractivity contribution in [3.63, 3.8) is 0 Å². The molecule has 1 spiro atoms. The van der Waals surface area contributed by atoms with E-state index in [4.69, 9.17) is 4.74 Å². The van der Waals surface area contributed by atoms with Crippen LogP contribution in [0.3, 0.4) is 0 Å². The predicted octanol–water partition coefficient (Wildman–Crippen LogP) is 1.14. The summed E-state index contributed by atoms with van der Waals surface area (Å²) in [6.07, 6.45) is 3.45. The van der Waals surface area contributed by atoms with Crippen LogP contribution in [0, 0.1) is 6.92 Å². The highest BCUT2D eigenvalue weighted by molar-refractivity contribution is 5.94. The number of pyridine rings is 1. The molecule has 84 valence electrons. The lowest BCUT2D eigenvalue weighted by molar-refractivity contribution is -0.0260. The average Bonchev–Trinajstić information content (AvgIpc) is 2.53. The summed E-state index contributed by atoms with van der Waals surface area (Å²) in [5.41, 5.74) is 2.04. The molecule has 0 saturated carbocycles. The van der Waals surface area contributed by atoms with E-state index in [-0.39, 0.29) is 5.97 Å². The van der Waals surface area contributed by atoms with Crippen LogP contribution in [-0.2, 0) is 10.3 Å². The number of fused-ring (bicyclic) bond motifs is 2. The normalized spacial score (nSPS) is 21.9. The number of hydrogen-bond acceptors (Lipinski definition) is 4. The second-order valence-electron chi connectivity index (χ2n) is 4.54. The van der Waals surface area contributed by atoms with Crippen molar-refractivity contribution in [2.24, 2.45) is 0 Å². The molecule has 2 aliphatic heterocycles. The second-order valence-corrected chi connectivity index (χ2v) is 4.54. The third kappa shape index (κ3) is 1.26. The van der Waals surface area contributed by atoms with Crippen LogP contribution in [0.15, 0.2) is 12.3 Å². The van der Waals surface area contributed by atoms with Gasteiger partial charge in [-0.2, -0.15) is 0 Å². The molecule has 1 fully saturated rings. The van der Waals surface area contributed by atoms with E-state index >= 15 is 0 Å². The Kier molecular flexibility index (Phi) is 2.01. The first-order valence-electron chi connectivity index (χ1n) is 5.62. The lowest BCUT2D eigenvalue weighted by atomic mass is 9.88. The van der Waals surface area contributed by atoms with Crippen LogP contribution >= 0.6 is 0 Å². The van der Waals surface area contributed by atoms with Gasteiger partial charge in [-0.1, -0.05) is 0 Å². The number of esters is 1. The third-order valence-corrected chi connectivity index (χ3v) is 3.38. The monoisotopic (exact) mass is 218 g/mol. The molecule has 4 nitrogen and oxygen atoms in total. The maximum atomic E-state index is 11.8. The summed E-state index contributed by atoms with van der Waals surface area (Å²) in [4.78, 5) is 16.2. The molecule has 0 bridgehead atoms. The van der Waals surface area contributed by atoms with E-state index in [9.17, 15) is 4.79 Å². The first-order chi connectivity index (χ1) is 7.71. The lowest BCUT2D eigenvalue weighted by Gasteiger charge is -2.32. The zero-order valence-electron chi connectivity index (χ0n) is 9.25. The van der Waals surface area contributed by atoms with Gasteiger partial charge < -0.3 is 10.1 Å². The van der Waals surface area contributed by atoms with Gasteiger partial charge in [0.25, 0.3) is 0 Å². The van der Waals surface area contributed by atoms with Crippen LogP contribution in [0.1, 0.15) is 34.5 Å². The smallest absolute Gasteiger partial charge is 0.341 e. The Hall–Kier alpha value is -1.42.